The molecular formula is C26H32BrFN2O4. The number of aliphatic carboxylic acids is 1. The molecule has 8 heteroatoms. The fourth-order valence-electron chi connectivity index (χ4n) is 5.00. The van der Waals surface area contributed by atoms with Crippen LogP contribution in [0.5, 0.6) is 5.75 Å². The number of likely N-dealkylation sites (tertiary alicyclic amines) is 2. The highest BCUT2D eigenvalue weighted by atomic mass is 79.9. The SMILES string of the molecule is O=C(O)Cc1cc(Br)ccc1OCC(O)N1CCC(Cc2ccc(F)cc2)(CN2CCC2)CC1. The molecule has 0 spiro atoms. The third kappa shape index (κ3) is 6.56. The van der Waals surface area contributed by atoms with Gasteiger partial charge in [-0.2, -0.15) is 0 Å². The molecule has 0 radical (unpaired) electrons. The Morgan fingerprint density at radius 2 is 1.82 bits per heavy atom. The lowest BCUT2D eigenvalue weighted by molar-refractivity contribution is -0.136. The van der Waals surface area contributed by atoms with Crippen LogP contribution in [0.25, 0.3) is 0 Å². The lowest BCUT2D eigenvalue weighted by Gasteiger charge is -2.47. The average Bonchev–Trinajstić information content (AvgIpc) is 2.77. The largest absolute Gasteiger partial charge is 0.489 e. The number of aliphatic hydroxyl groups is 1. The minimum atomic E-state index is -0.931. The van der Waals surface area contributed by atoms with Gasteiger partial charge in [0.05, 0.1) is 6.42 Å². The maximum atomic E-state index is 13.4. The van der Waals surface area contributed by atoms with Crippen LogP contribution in [0.4, 0.5) is 4.39 Å². The Hall–Kier alpha value is -2.00. The van der Waals surface area contributed by atoms with Crippen LogP contribution in [0.3, 0.4) is 0 Å². The van der Waals surface area contributed by atoms with Gasteiger partial charge in [0.2, 0.25) is 0 Å². The van der Waals surface area contributed by atoms with E-state index in [1.165, 1.54) is 18.6 Å². The van der Waals surface area contributed by atoms with E-state index in [0.29, 0.717) is 11.3 Å². The van der Waals surface area contributed by atoms with Gasteiger partial charge in [-0.25, -0.2) is 4.39 Å². The van der Waals surface area contributed by atoms with Crippen molar-refractivity contribution >= 4 is 21.9 Å². The van der Waals surface area contributed by atoms with E-state index < -0.39 is 12.2 Å². The van der Waals surface area contributed by atoms with E-state index in [0.717, 1.165) is 62.0 Å². The topological polar surface area (TPSA) is 73.2 Å². The van der Waals surface area contributed by atoms with Gasteiger partial charge in [0.25, 0.3) is 0 Å². The molecule has 2 aromatic carbocycles. The number of ether oxygens (including phenoxy) is 1. The number of nitrogens with zero attached hydrogens (tertiary/aromatic N) is 2. The number of hydrogen-bond donors (Lipinski definition) is 2. The molecular weight excluding hydrogens is 503 g/mol. The fraction of sp³-hybridized carbons (Fsp3) is 0.500. The van der Waals surface area contributed by atoms with Gasteiger partial charge < -0.3 is 19.8 Å². The number of hydrogen-bond acceptors (Lipinski definition) is 5. The third-order valence-electron chi connectivity index (χ3n) is 7.03. The zero-order valence-electron chi connectivity index (χ0n) is 19.3. The summed E-state index contributed by atoms with van der Waals surface area (Å²) in [6, 6.07) is 12.1. The average molecular weight is 535 g/mol. The zero-order valence-corrected chi connectivity index (χ0v) is 20.8. The summed E-state index contributed by atoms with van der Waals surface area (Å²) in [5.41, 5.74) is 1.83. The van der Waals surface area contributed by atoms with Gasteiger partial charge in [-0.05, 0) is 80.1 Å². The highest BCUT2D eigenvalue weighted by molar-refractivity contribution is 9.10. The molecule has 1 atom stereocenters. The number of rotatable bonds is 10. The fourth-order valence-corrected chi connectivity index (χ4v) is 5.40. The summed E-state index contributed by atoms with van der Waals surface area (Å²) in [7, 11) is 0. The van der Waals surface area contributed by atoms with Crippen molar-refractivity contribution < 1.29 is 24.1 Å². The summed E-state index contributed by atoms with van der Waals surface area (Å²) in [4.78, 5) is 15.7. The van der Waals surface area contributed by atoms with Crippen LogP contribution < -0.4 is 4.74 Å². The normalized spacial score (nSPS) is 19.4. The van der Waals surface area contributed by atoms with Gasteiger partial charge in [0, 0.05) is 29.7 Å². The molecule has 2 heterocycles. The predicted octanol–water partition coefficient (Wildman–Crippen LogP) is 3.94. The maximum Gasteiger partial charge on any atom is 0.307 e. The molecule has 0 amide bonds. The van der Waals surface area contributed by atoms with E-state index in [2.05, 4.69) is 20.8 Å². The molecule has 2 aromatic rings. The maximum absolute atomic E-state index is 13.4. The molecule has 1 unspecified atom stereocenters. The van der Waals surface area contributed by atoms with Gasteiger partial charge in [-0.3, -0.25) is 9.69 Å². The number of carboxylic acids is 1. The van der Waals surface area contributed by atoms with Crippen LogP contribution in [0, 0.1) is 11.2 Å². The first-order chi connectivity index (χ1) is 16.3. The summed E-state index contributed by atoms with van der Waals surface area (Å²) in [5.74, 6) is -0.667. The highest BCUT2D eigenvalue weighted by Crippen LogP contribution is 2.38. The van der Waals surface area contributed by atoms with E-state index in [-0.39, 0.29) is 24.3 Å². The minimum Gasteiger partial charge on any atom is -0.489 e. The summed E-state index contributed by atoms with van der Waals surface area (Å²) in [5, 5.41) is 20.0. The number of benzene rings is 2. The second-order valence-corrected chi connectivity index (χ2v) is 10.5. The van der Waals surface area contributed by atoms with Crippen LogP contribution in [-0.2, 0) is 17.6 Å². The summed E-state index contributed by atoms with van der Waals surface area (Å²) in [6.07, 6.45) is 3.13. The molecule has 2 aliphatic heterocycles. The van der Waals surface area contributed by atoms with E-state index in [4.69, 9.17) is 9.84 Å². The first-order valence-electron chi connectivity index (χ1n) is 11.8. The van der Waals surface area contributed by atoms with Crippen LogP contribution in [-0.4, -0.2) is 71.5 Å². The van der Waals surface area contributed by atoms with E-state index >= 15 is 0 Å². The number of piperidine rings is 1. The number of aliphatic hydroxyl groups excluding tert-OH is 1. The van der Waals surface area contributed by atoms with Crippen LogP contribution in [0.2, 0.25) is 0 Å². The quantitative estimate of drug-likeness (QED) is 0.481. The van der Waals surface area contributed by atoms with Crippen molar-refractivity contribution in [3.63, 3.8) is 0 Å². The van der Waals surface area contributed by atoms with Gasteiger partial charge in [-0.1, -0.05) is 28.1 Å². The number of halogens is 2. The van der Waals surface area contributed by atoms with Crippen molar-refractivity contribution in [1.82, 2.24) is 9.80 Å². The minimum absolute atomic E-state index is 0.0747. The molecule has 0 aromatic heterocycles. The van der Waals surface area contributed by atoms with Gasteiger partial charge in [-0.15, -0.1) is 0 Å². The molecule has 2 N–H and O–H groups in total. The summed E-state index contributed by atoms with van der Waals surface area (Å²) in [6.45, 7) is 4.88. The van der Waals surface area contributed by atoms with Gasteiger partial charge >= 0.3 is 5.97 Å². The monoisotopic (exact) mass is 534 g/mol. The molecule has 6 nitrogen and oxygen atoms in total. The molecule has 34 heavy (non-hydrogen) atoms. The van der Waals surface area contributed by atoms with E-state index in [1.54, 1.807) is 18.2 Å². The van der Waals surface area contributed by atoms with Crippen LogP contribution >= 0.6 is 15.9 Å². The Labute approximate surface area is 208 Å². The number of carbonyl (C=O) groups is 1. The summed E-state index contributed by atoms with van der Waals surface area (Å²) >= 11 is 3.36. The molecule has 2 fully saturated rings. The van der Waals surface area contributed by atoms with Crippen molar-refractivity contribution in [2.24, 2.45) is 5.41 Å². The van der Waals surface area contributed by atoms with Crippen molar-refractivity contribution in [2.45, 2.75) is 38.3 Å². The molecule has 0 bridgehead atoms. The molecule has 2 saturated heterocycles. The second-order valence-electron chi connectivity index (χ2n) is 9.58. The van der Waals surface area contributed by atoms with E-state index in [1.807, 2.05) is 17.0 Å². The standard InChI is InChI=1S/C26H32BrFN2O4/c27-21-4-7-23(20(14-21)15-25(32)33)34-17-24(31)30-12-8-26(9-13-30,18-29-10-1-11-29)16-19-2-5-22(28)6-3-19/h2-7,14,24,31H,1,8-13,15-18H2,(H,32,33). The third-order valence-corrected chi connectivity index (χ3v) is 7.53. The Kier molecular flexibility index (Phi) is 8.24. The lowest BCUT2D eigenvalue weighted by Crippen LogP contribution is -2.53. The Bertz CT molecular complexity index is 975. The van der Waals surface area contributed by atoms with Crippen molar-refractivity contribution in [2.75, 3.05) is 39.3 Å². The lowest BCUT2D eigenvalue weighted by atomic mass is 9.73. The van der Waals surface area contributed by atoms with Gasteiger partial charge in [0.1, 0.15) is 24.4 Å². The molecule has 0 aliphatic carbocycles. The number of carboxylic acid groups (broad SMARTS) is 1. The highest BCUT2D eigenvalue weighted by Gasteiger charge is 2.38. The summed E-state index contributed by atoms with van der Waals surface area (Å²) < 4.78 is 20.0. The Balaban J connectivity index is 1.36. The van der Waals surface area contributed by atoms with Crippen molar-refractivity contribution in [3.8, 4) is 5.75 Å². The molecule has 2 aliphatic rings. The molecule has 4 rings (SSSR count). The second kappa shape index (κ2) is 11.2. The van der Waals surface area contributed by atoms with Gasteiger partial charge in [0.15, 0.2) is 0 Å². The van der Waals surface area contributed by atoms with E-state index in [9.17, 15) is 14.3 Å². The first-order valence-corrected chi connectivity index (χ1v) is 12.6. The molecule has 184 valence electrons. The Morgan fingerprint density at radius 3 is 2.44 bits per heavy atom. The molecule has 0 saturated carbocycles. The zero-order chi connectivity index (χ0) is 24.1. The van der Waals surface area contributed by atoms with Crippen molar-refractivity contribution in [1.29, 1.82) is 0 Å². The Morgan fingerprint density at radius 1 is 1.12 bits per heavy atom. The van der Waals surface area contributed by atoms with Crippen molar-refractivity contribution in [3.05, 3.63) is 63.9 Å². The first kappa shape index (κ1) is 25.1. The predicted molar refractivity (Wildman–Crippen MR) is 131 cm³/mol. The van der Waals surface area contributed by atoms with Crippen LogP contribution in [0.15, 0.2) is 46.9 Å². The smallest absolute Gasteiger partial charge is 0.307 e. The van der Waals surface area contributed by atoms with Crippen LogP contribution in [0.1, 0.15) is 30.4 Å².